The number of hydrogen-bond donors (Lipinski definition) is 1. The molecule has 0 spiro atoms. The first kappa shape index (κ1) is 15.4. The van der Waals surface area contributed by atoms with Crippen molar-refractivity contribution in [2.24, 2.45) is 0 Å². The van der Waals surface area contributed by atoms with Crippen molar-refractivity contribution < 1.29 is 14.6 Å². The molecule has 4 heteroatoms. The number of ether oxygens (including phenoxy) is 1. The topological polar surface area (TPSA) is 46.5 Å². The average Bonchev–Trinajstić information content (AvgIpc) is 2.28. The summed E-state index contributed by atoms with van der Waals surface area (Å²) in [5.41, 5.74) is 0. The number of hydrogen-bond acceptors (Lipinski definition) is 3. The highest BCUT2D eigenvalue weighted by molar-refractivity contribution is 6.86. The molecule has 3 nitrogen and oxygen atoms in total. The zero-order valence-electron chi connectivity index (χ0n) is 10.9. The molecule has 0 atom stereocenters. The summed E-state index contributed by atoms with van der Waals surface area (Å²) in [5.74, 6) is -0.255. The summed E-state index contributed by atoms with van der Waals surface area (Å²) in [5, 5.41) is 10.2. The molecular weight excluding hydrogens is 220 g/mol. The van der Waals surface area contributed by atoms with Crippen molar-refractivity contribution in [2.45, 2.75) is 45.8 Å². The second kappa shape index (κ2) is 7.63. The minimum absolute atomic E-state index is 0.0331. The average molecular weight is 244 g/mol. The molecule has 0 amide bonds. The van der Waals surface area contributed by atoms with Crippen LogP contribution >= 0.6 is 0 Å². The Kier molecular flexibility index (Phi) is 7.33. The Bertz CT molecular complexity index is 236. The van der Waals surface area contributed by atoms with Crippen molar-refractivity contribution in [3.63, 3.8) is 0 Å². The summed E-state index contributed by atoms with van der Waals surface area (Å²) in [6, 6.07) is 3.40. The highest BCUT2D eigenvalue weighted by atomic mass is 28.3. The summed E-state index contributed by atoms with van der Waals surface area (Å²) >= 11 is 0. The molecule has 0 aromatic heterocycles. The summed E-state index contributed by atoms with van der Waals surface area (Å²) in [6.45, 7) is 8.39. The Morgan fingerprint density at radius 2 is 1.75 bits per heavy atom. The minimum Gasteiger partial charge on any atom is -0.462 e. The van der Waals surface area contributed by atoms with E-state index in [1.165, 1.54) is 12.1 Å². The monoisotopic (exact) mass is 244 g/mol. The van der Waals surface area contributed by atoms with Crippen LogP contribution in [0.5, 0.6) is 0 Å². The van der Waals surface area contributed by atoms with Crippen LogP contribution in [-0.2, 0) is 9.53 Å². The van der Waals surface area contributed by atoms with Gasteiger partial charge in [-0.3, -0.25) is 4.79 Å². The van der Waals surface area contributed by atoms with E-state index in [0.29, 0.717) is 6.61 Å². The molecule has 0 unspecified atom stereocenters. The van der Waals surface area contributed by atoms with Gasteiger partial charge in [-0.15, -0.1) is 0 Å². The molecule has 0 heterocycles. The Labute approximate surface area is 99.5 Å². The molecule has 0 bridgehead atoms. The van der Waals surface area contributed by atoms with Crippen LogP contribution in [0.3, 0.4) is 0 Å². The van der Waals surface area contributed by atoms with Crippen LogP contribution < -0.4 is 0 Å². The zero-order chi connectivity index (χ0) is 12.6. The molecule has 0 aromatic rings. The first-order valence-electron chi connectivity index (χ1n) is 6.00. The summed E-state index contributed by atoms with van der Waals surface area (Å²) in [4.78, 5) is 10.8. The molecule has 0 radical (unpaired) electrons. The van der Waals surface area contributed by atoms with E-state index in [1.807, 2.05) is 6.08 Å². The number of carbonyl (C=O) groups is 1. The molecule has 94 valence electrons. The smallest absolute Gasteiger partial charge is 0.302 e. The fourth-order valence-electron chi connectivity index (χ4n) is 2.15. The lowest BCUT2D eigenvalue weighted by Gasteiger charge is -2.31. The first-order valence-corrected chi connectivity index (χ1v) is 8.62. The maximum absolute atomic E-state index is 10.8. The number of aliphatic hydroxyl groups excluding tert-OH is 1. The van der Waals surface area contributed by atoms with E-state index in [4.69, 9.17) is 9.84 Å². The highest BCUT2D eigenvalue weighted by Crippen LogP contribution is 2.28. The van der Waals surface area contributed by atoms with E-state index < -0.39 is 8.07 Å². The van der Waals surface area contributed by atoms with E-state index in [2.05, 4.69) is 20.8 Å². The zero-order valence-corrected chi connectivity index (χ0v) is 11.9. The Morgan fingerprint density at radius 3 is 2.06 bits per heavy atom. The Balaban J connectivity index is 4.85. The van der Waals surface area contributed by atoms with Crippen LogP contribution in [-0.4, -0.2) is 32.4 Å². The molecule has 0 aliphatic carbocycles. The molecule has 0 saturated carbocycles. The molecule has 0 rings (SSSR count). The highest BCUT2D eigenvalue weighted by Gasteiger charge is 2.31. The molecule has 16 heavy (non-hydrogen) atoms. The Morgan fingerprint density at radius 1 is 1.25 bits per heavy atom. The van der Waals surface area contributed by atoms with E-state index >= 15 is 0 Å². The van der Waals surface area contributed by atoms with Gasteiger partial charge in [0.2, 0.25) is 0 Å². The summed E-state index contributed by atoms with van der Waals surface area (Å²) in [6.07, 6.45) is 1.84. The second-order valence-electron chi connectivity index (χ2n) is 4.03. The first-order chi connectivity index (χ1) is 7.56. The van der Waals surface area contributed by atoms with Crippen LogP contribution in [0.15, 0.2) is 11.3 Å². The van der Waals surface area contributed by atoms with Crippen LogP contribution in [0.4, 0.5) is 0 Å². The van der Waals surface area contributed by atoms with Gasteiger partial charge >= 0.3 is 5.97 Å². The van der Waals surface area contributed by atoms with Crippen molar-refractivity contribution >= 4 is 14.0 Å². The summed E-state index contributed by atoms with van der Waals surface area (Å²) in [7, 11) is -1.51. The van der Waals surface area contributed by atoms with Gasteiger partial charge < -0.3 is 9.84 Å². The van der Waals surface area contributed by atoms with Crippen molar-refractivity contribution in [3.05, 3.63) is 11.3 Å². The summed E-state index contributed by atoms with van der Waals surface area (Å²) < 4.78 is 5.08. The van der Waals surface area contributed by atoms with Crippen molar-refractivity contribution in [3.8, 4) is 0 Å². The molecule has 0 aliphatic heterocycles. The van der Waals surface area contributed by atoms with Crippen molar-refractivity contribution in [2.75, 3.05) is 13.2 Å². The van der Waals surface area contributed by atoms with E-state index in [0.717, 1.165) is 18.1 Å². The molecule has 1 N–H and O–H groups in total. The van der Waals surface area contributed by atoms with Crippen molar-refractivity contribution in [1.82, 2.24) is 0 Å². The third-order valence-corrected chi connectivity index (χ3v) is 9.25. The molecule has 0 fully saturated rings. The lowest BCUT2D eigenvalue weighted by Crippen LogP contribution is -2.37. The number of rotatable bonds is 7. The fraction of sp³-hybridized carbons (Fsp3) is 0.750. The third kappa shape index (κ3) is 4.10. The predicted octanol–water partition coefficient (Wildman–Crippen LogP) is 2.52. The lowest BCUT2D eigenvalue weighted by molar-refractivity contribution is -0.139. The number of carbonyl (C=O) groups excluding carboxylic acids is 1. The molecule has 0 aliphatic rings. The fourth-order valence-corrected chi connectivity index (χ4v) is 5.91. The molecular formula is C12H24O3Si. The van der Waals surface area contributed by atoms with E-state index in [-0.39, 0.29) is 12.6 Å². The quantitative estimate of drug-likeness (QED) is 0.553. The predicted molar refractivity (Wildman–Crippen MR) is 69.0 cm³/mol. The van der Waals surface area contributed by atoms with Crippen LogP contribution in [0, 0.1) is 0 Å². The SMILES string of the molecule is CC[Si](CC)(CC)/C(=C/CO)COC(C)=O. The minimum atomic E-state index is -1.51. The van der Waals surface area contributed by atoms with Gasteiger partial charge in [-0.2, -0.15) is 0 Å². The largest absolute Gasteiger partial charge is 0.462 e. The molecule has 0 saturated heterocycles. The van der Waals surface area contributed by atoms with E-state index in [9.17, 15) is 4.79 Å². The normalized spacial score (nSPS) is 12.7. The van der Waals surface area contributed by atoms with E-state index in [1.54, 1.807) is 0 Å². The lowest BCUT2D eigenvalue weighted by atomic mass is 10.5. The second-order valence-corrected chi connectivity index (χ2v) is 9.36. The van der Waals surface area contributed by atoms with Gasteiger partial charge in [-0.05, 0) is 5.20 Å². The van der Waals surface area contributed by atoms with Gasteiger partial charge in [0.05, 0.1) is 14.7 Å². The standard InChI is InChI=1S/C12H24O3Si/c1-5-16(6-2,7-3)12(8-9-13)10-15-11(4)14/h8,13H,5-7,9-10H2,1-4H3/b12-8+. The number of aliphatic hydroxyl groups is 1. The maximum Gasteiger partial charge on any atom is 0.302 e. The van der Waals surface area contributed by atoms with Gasteiger partial charge in [0.1, 0.15) is 6.61 Å². The van der Waals surface area contributed by atoms with Crippen molar-refractivity contribution in [1.29, 1.82) is 0 Å². The van der Waals surface area contributed by atoms with Gasteiger partial charge in [-0.25, -0.2) is 0 Å². The van der Waals surface area contributed by atoms with Gasteiger partial charge in [-0.1, -0.05) is 45.0 Å². The van der Waals surface area contributed by atoms with Gasteiger partial charge in [0.25, 0.3) is 0 Å². The number of esters is 1. The Hall–Kier alpha value is -0.613. The van der Waals surface area contributed by atoms with Crippen LogP contribution in [0.2, 0.25) is 18.1 Å². The van der Waals surface area contributed by atoms with Crippen LogP contribution in [0.25, 0.3) is 0 Å². The van der Waals surface area contributed by atoms with Crippen LogP contribution in [0.1, 0.15) is 27.7 Å². The van der Waals surface area contributed by atoms with Gasteiger partial charge in [0.15, 0.2) is 0 Å². The van der Waals surface area contributed by atoms with Gasteiger partial charge in [0, 0.05) is 6.92 Å². The third-order valence-electron chi connectivity index (χ3n) is 3.48. The molecule has 0 aromatic carbocycles. The maximum atomic E-state index is 10.8.